The third kappa shape index (κ3) is 17.9. The van der Waals surface area contributed by atoms with Crippen LogP contribution in [-0.2, 0) is 44.0 Å². The van der Waals surface area contributed by atoms with Crippen LogP contribution < -0.4 is 41.0 Å². The molecule has 12 rings (SSSR count). The molecule has 4 aromatic carbocycles. The van der Waals surface area contributed by atoms with E-state index in [4.69, 9.17) is 26.8 Å². The number of sulfone groups is 2. The summed E-state index contributed by atoms with van der Waals surface area (Å²) in [5.41, 5.74) is 15.8. The maximum Gasteiger partial charge on any atom is 0.229 e. The lowest BCUT2D eigenvalue weighted by Gasteiger charge is -2.43. The Balaban J connectivity index is 0.000000172. The largest absolute Gasteiger partial charge is 0.495 e. The van der Waals surface area contributed by atoms with Crippen LogP contribution in [0.3, 0.4) is 0 Å². The van der Waals surface area contributed by atoms with Crippen molar-refractivity contribution in [3.8, 4) is 11.5 Å². The summed E-state index contributed by atoms with van der Waals surface area (Å²) in [5, 5.41) is 8.81. The summed E-state index contributed by atoms with van der Waals surface area (Å²) in [4.78, 5) is 48.0. The van der Waals surface area contributed by atoms with Crippen LogP contribution in [-0.4, -0.2) is 208 Å². The van der Waals surface area contributed by atoms with E-state index in [2.05, 4.69) is 131 Å². The Bertz CT molecular complexity index is 4210. The zero-order valence-corrected chi connectivity index (χ0v) is 57.5. The van der Waals surface area contributed by atoms with Crippen molar-refractivity contribution in [2.24, 2.45) is 0 Å². The minimum Gasteiger partial charge on any atom is -0.495 e. The molecule has 8 aromatic rings. The minimum atomic E-state index is -3.45. The fraction of sp³-hybridized carbons (Fsp3) is 0.455. The smallest absolute Gasteiger partial charge is 0.229 e. The molecule has 24 nitrogen and oxygen atoms in total. The summed E-state index contributed by atoms with van der Waals surface area (Å²) < 4.78 is 88.3. The highest BCUT2D eigenvalue weighted by molar-refractivity contribution is 7.90. The average molecular weight is 1360 g/mol. The SMILES string of the molecule is CCc1cc(N)c(OC)cc1N1CCC(N2CCN(C)CC2)CC1.CCc1cc(Nc2ncc(F)c(Nc3ccc4nccnc4c3CS(C)(=O)=O)n2)c(OC)cc1N1CCC(N2CCN(C)CC2)CC1.CS(=O)(=O)Cc1c(Nc2nc(Cl)ncc2F)ccc2nccnc12. The van der Waals surface area contributed by atoms with Crippen molar-refractivity contribution in [3.05, 3.63) is 125 Å². The Morgan fingerprint density at radius 3 is 1.43 bits per heavy atom. The number of halogens is 3. The molecule has 508 valence electrons. The van der Waals surface area contributed by atoms with Crippen molar-refractivity contribution in [2.45, 2.75) is 76.0 Å². The average Bonchev–Trinajstić information content (AvgIpc) is 0.837. The van der Waals surface area contributed by atoms with Crippen molar-refractivity contribution < 1.29 is 35.1 Å². The molecule has 5 N–H and O–H groups in total. The van der Waals surface area contributed by atoms with Crippen molar-refractivity contribution in [1.82, 2.24) is 59.5 Å². The number of aryl methyl sites for hydroxylation is 2. The monoisotopic (exact) mass is 1360 g/mol. The molecule has 95 heavy (non-hydrogen) atoms. The molecule has 0 amide bonds. The number of nitrogens with two attached hydrogens (primary N) is 1. The van der Waals surface area contributed by atoms with Crippen LogP contribution >= 0.6 is 11.6 Å². The van der Waals surface area contributed by atoms with Crippen LogP contribution in [0.2, 0.25) is 5.28 Å². The predicted molar refractivity (Wildman–Crippen MR) is 373 cm³/mol. The Kier molecular flexibility index (Phi) is 23.0. The summed E-state index contributed by atoms with van der Waals surface area (Å²) in [7, 11) is 0.927. The minimum absolute atomic E-state index is 0.116. The molecular weight excluding hydrogens is 1280 g/mol. The van der Waals surface area contributed by atoms with Crippen LogP contribution in [0.25, 0.3) is 22.1 Å². The van der Waals surface area contributed by atoms with E-state index in [-0.39, 0.29) is 34.4 Å². The first-order chi connectivity index (χ1) is 45.6. The first-order valence-electron chi connectivity index (χ1n) is 31.9. The van der Waals surface area contributed by atoms with Crippen molar-refractivity contribution in [1.29, 1.82) is 0 Å². The first-order valence-corrected chi connectivity index (χ1v) is 36.4. The zero-order valence-electron chi connectivity index (χ0n) is 55.1. The van der Waals surface area contributed by atoms with E-state index in [9.17, 15) is 21.2 Å². The van der Waals surface area contributed by atoms with E-state index in [1.165, 1.54) is 75.1 Å². The number of nitrogen functional groups attached to an aromatic ring is 1. The molecule has 0 bridgehead atoms. The number of piperidine rings is 2. The van der Waals surface area contributed by atoms with Crippen LogP contribution in [0, 0.1) is 11.6 Å². The molecule has 0 atom stereocenters. The van der Waals surface area contributed by atoms with Gasteiger partial charge in [-0.25, -0.2) is 35.6 Å². The van der Waals surface area contributed by atoms with Gasteiger partial charge in [-0.2, -0.15) is 9.97 Å². The number of fused-ring (bicyclic) bond motifs is 2. The highest BCUT2D eigenvalue weighted by atomic mass is 35.5. The lowest BCUT2D eigenvalue weighted by atomic mass is 9.99. The summed E-state index contributed by atoms with van der Waals surface area (Å²) in [6.07, 6.45) is 16.8. The van der Waals surface area contributed by atoms with Gasteiger partial charge < -0.3 is 50.8 Å². The fourth-order valence-electron chi connectivity index (χ4n) is 12.7. The molecule has 4 fully saturated rings. The van der Waals surface area contributed by atoms with Crippen LogP contribution in [0.5, 0.6) is 11.5 Å². The number of anilines is 9. The Morgan fingerprint density at radius 2 is 0.979 bits per heavy atom. The number of hydrogen-bond acceptors (Lipinski definition) is 24. The van der Waals surface area contributed by atoms with Crippen molar-refractivity contribution in [3.63, 3.8) is 0 Å². The second-order valence-corrected chi connectivity index (χ2v) is 29.1. The van der Waals surface area contributed by atoms with E-state index in [0.717, 1.165) is 132 Å². The number of rotatable bonds is 18. The zero-order chi connectivity index (χ0) is 67.6. The van der Waals surface area contributed by atoms with Crippen LogP contribution in [0.4, 0.5) is 60.5 Å². The molecule has 4 aromatic heterocycles. The highest BCUT2D eigenvalue weighted by Crippen LogP contribution is 2.39. The number of benzene rings is 4. The molecular formula is C66H85ClF2N18O6S2. The van der Waals surface area contributed by atoms with Crippen LogP contribution in [0.15, 0.2) is 85.7 Å². The summed E-state index contributed by atoms with van der Waals surface area (Å²) in [6.45, 7) is 17.9. The molecule has 0 unspecified atom stereocenters. The number of nitrogens with one attached hydrogen (secondary N) is 3. The van der Waals surface area contributed by atoms with E-state index < -0.39 is 31.3 Å². The van der Waals surface area contributed by atoms with Gasteiger partial charge in [-0.15, -0.1) is 0 Å². The third-order valence-corrected chi connectivity index (χ3v) is 19.6. The molecule has 0 spiro atoms. The summed E-state index contributed by atoms with van der Waals surface area (Å²) >= 11 is 5.68. The maximum absolute atomic E-state index is 15.1. The number of hydrogen-bond donors (Lipinski definition) is 4. The second-order valence-electron chi connectivity index (χ2n) is 24.5. The normalized spacial score (nSPS) is 16.6. The fourth-order valence-corrected chi connectivity index (χ4v) is 14.5. The van der Waals surface area contributed by atoms with Gasteiger partial charge in [-0.3, -0.25) is 29.7 Å². The lowest BCUT2D eigenvalue weighted by Crippen LogP contribution is -2.52. The number of ether oxygens (including phenoxy) is 2. The number of likely N-dealkylation sites (N-methyl/N-ethyl adjacent to an activating group) is 2. The van der Waals surface area contributed by atoms with E-state index >= 15 is 4.39 Å². The number of nitrogens with zero attached hydrogens (tertiary/aromatic N) is 14. The number of aromatic nitrogens is 8. The van der Waals surface area contributed by atoms with Gasteiger partial charge in [0.2, 0.25) is 11.2 Å². The standard InChI is InChI=1S/C33H42FN9O3S.C19H32N4O.C14H11ClFN5O2S/c1-5-22-18-28(30(46-3)19-29(22)43-12-8-23(9-13-43)42-16-14-41(2)15-17-42)39-33-37-20-25(34)32(40-33)38-26-6-7-27-31(36-11-10-35-27)24(26)21-47(4,44)45;1-4-15-13-17(20)19(24-3)14-18(15)23-7-5-16(6-8-23)22-11-9-21(2)10-12-22;1-24(22,23)7-8-10(2-3-11-12(8)18-5-4-17-11)20-13-9(16)6-19-14(15)21-13/h6-7,10-11,18-20,23H,5,8-9,12-17,21H2,1-4H3,(H2,37,38,39,40);13-14,16H,4-12,20H2,1-3H3;2-6H,7H2,1H3,(H,19,20,21). The van der Waals surface area contributed by atoms with E-state index in [1.54, 1.807) is 38.5 Å². The van der Waals surface area contributed by atoms with E-state index in [0.29, 0.717) is 62.0 Å². The second kappa shape index (κ2) is 31.3. The molecule has 4 aliphatic heterocycles. The van der Waals surface area contributed by atoms with Crippen molar-refractivity contribution >= 4 is 105 Å². The molecule has 8 heterocycles. The van der Waals surface area contributed by atoms with E-state index in [1.807, 2.05) is 6.07 Å². The van der Waals surface area contributed by atoms with Gasteiger partial charge in [0.25, 0.3) is 0 Å². The number of methoxy groups -OCH3 is 2. The highest BCUT2D eigenvalue weighted by Gasteiger charge is 2.31. The summed E-state index contributed by atoms with van der Waals surface area (Å²) in [6, 6.07) is 16.3. The van der Waals surface area contributed by atoms with Gasteiger partial charge >= 0.3 is 0 Å². The topological polar surface area (TPSA) is 271 Å². The molecule has 0 aliphatic carbocycles. The van der Waals surface area contributed by atoms with Gasteiger partial charge in [-0.1, -0.05) is 13.8 Å². The quantitative estimate of drug-likeness (QED) is 0.0461. The molecule has 29 heteroatoms. The molecule has 0 radical (unpaired) electrons. The third-order valence-electron chi connectivity index (χ3n) is 17.8. The van der Waals surface area contributed by atoms with Gasteiger partial charge in [0.1, 0.15) is 11.5 Å². The maximum atomic E-state index is 15.1. The number of piperazine rings is 2. The van der Waals surface area contributed by atoms with Gasteiger partial charge in [-0.05, 0) is 112 Å². The predicted octanol–water partition coefficient (Wildman–Crippen LogP) is 8.93. The Morgan fingerprint density at radius 1 is 0.547 bits per heavy atom. The first kappa shape index (κ1) is 69.8. The molecule has 4 aliphatic rings. The van der Waals surface area contributed by atoms with Gasteiger partial charge in [0, 0.05) is 174 Å². The van der Waals surface area contributed by atoms with Crippen molar-refractivity contribution in [2.75, 3.05) is 151 Å². The van der Waals surface area contributed by atoms with Gasteiger partial charge in [0.15, 0.2) is 42.9 Å². The summed E-state index contributed by atoms with van der Waals surface area (Å²) in [5.74, 6) is -0.706. The Hall–Kier alpha value is -7.99. The Labute approximate surface area is 559 Å². The molecule has 4 saturated heterocycles. The molecule has 0 saturated carbocycles. The van der Waals surface area contributed by atoms with Gasteiger partial charge in [0.05, 0.1) is 71.6 Å². The lowest BCUT2D eigenvalue weighted by molar-refractivity contribution is 0.0982. The van der Waals surface area contributed by atoms with Crippen LogP contribution in [0.1, 0.15) is 61.8 Å².